The van der Waals surface area contributed by atoms with Gasteiger partial charge in [0.2, 0.25) is 0 Å². The summed E-state index contributed by atoms with van der Waals surface area (Å²) in [5.41, 5.74) is 1.86. The molecule has 80 valence electrons. The molecule has 0 aromatic heterocycles. The van der Waals surface area contributed by atoms with E-state index < -0.39 is 12.2 Å². The molecule has 2 nitrogen and oxygen atoms in total. The lowest BCUT2D eigenvalue weighted by Gasteiger charge is -2.24. The maximum absolute atomic E-state index is 12.2. The Morgan fingerprint density at radius 3 is 2.00 bits per heavy atom. The Morgan fingerprint density at radius 1 is 1.23 bits per heavy atom. The Labute approximate surface area is 81.4 Å². The van der Waals surface area contributed by atoms with Crippen molar-refractivity contribution in [2.75, 3.05) is 0 Å². The van der Waals surface area contributed by atoms with Crippen molar-refractivity contribution in [2.45, 2.75) is 37.9 Å². The van der Waals surface area contributed by atoms with Gasteiger partial charge in [-0.25, -0.2) is 5.43 Å². The van der Waals surface area contributed by atoms with Gasteiger partial charge >= 0.3 is 6.18 Å². The third kappa shape index (κ3) is 3.32. The number of rotatable bonds is 2. The highest BCUT2D eigenvalue weighted by Crippen LogP contribution is 2.35. The fourth-order valence-electron chi connectivity index (χ4n) is 1.79. The molecule has 0 aliphatic heterocycles. The van der Waals surface area contributed by atoms with Gasteiger partial charge in [0.1, 0.15) is 6.04 Å². The summed E-state index contributed by atoms with van der Waals surface area (Å²) >= 11 is 0. The molecular weight excluding hydrogens is 205 g/mol. The second-order valence-corrected chi connectivity index (χ2v) is 3.23. The van der Waals surface area contributed by atoms with E-state index in [-0.39, 0.29) is 18.3 Å². The van der Waals surface area contributed by atoms with E-state index in [1.807, 2.05) is 5.43 Å². The summed E-state index contributed by atoms with van der Waals surface area (Å²) < 4.78 is 36.7. The summed E-state index contributed by atoms with van der Waals surface area (Å²) in [7, 11) is 0. The molecule has 1 saturated carbocycles. The number of hydrogen-bond acceptors (Lipinski definition) is 2. The lowest BCUT2D eigenvalue weighted by molar-refractivity contribution is -0.167. The van der Waals surface area contributed by atoms with Gasteiger partial charge in [0.15, 0.2) is 0 Å². The minimum atomic E-state index is -4.20. The number of hydrazine groups is 1. The van der Waals surface area contributed by atoms with Crippen LogP contribution in [0.25, 0.3) is 0 Å². The van der Waals surface area contributed by atoms with E-state index in [1.165, 1.54) is 0 Å². The second kappa shape index (κ2) is 5.02. The molecule has 1 fully saturated rings. The van der Waals surface area contributed by atoms with E-state index in [9.17, 15) is 13.2 Å². The average molecular weight is 219 g/mol. The van der Waals surface area contributed by atoms with Crippen LogP contribution in [0.1, 0.15) is 25.7 Å². The molecule has 0 saturated heterocycles. The highest BCUT2D eigenvalue weighted by Gasteiger charge is 2.44. The van der Waals surface area contributed by atoms with Crippen LogP contribution in [0.15, 0.2) is 0 Å². The quantitative estimate of drug-likeness (QED) is 0.550. The van der Waals surface area contributed by atoms with Crippen molar-refractivity contribution < 1.29 is 13.2 Å². The van der Waals surface area contributed by atoms with Crippen molar-refractivity contribution in [3.63, 3.8) is 0 Å². The molecule has 1 aliphatic carbocycles. The third-order valence-corrected chi connectivity index (χ3v) is 2.40. The smallest absolute Gasteiger partial charge is 0.271 e. The van der Waals surface area contributed by atoms with Crippen LogP contribution in [-0.2, 0) is 0 Å². The van der Waals surface area contributed by atoms with Gasteiger partial charge in [-0.3, -0.25) is 5.84 Å². The predicted octanol–water partition coefficient (Wildman–Crippen LogP) is 1.99. The van der Waals surface area contributed by atoms with E-state index in [2.05, 4.69) is 0 Å². The molecule has 1 atom stereocenters. The minimum absolute atomic E-state index is 0. The van der Waals surface area contributed by atoms with Gasteiger partial charge in [0.05, 0.1) is 0 Å². The average Bonchev–Trinajstić information content (AvgIpc) is 2.38. The predicted molar refractivity (Wildman–Crippen MR) is 46.4 cm³/mol. The number of alkyl halides is 3. The SMILES string of the molecule is Cl.NNC(C1CCCC1)C(F)(F)F. The molecule has 0 aromatic rings. The number of nitrogens with one attached hydrogen (secondary N) is 1. The number of halogens is 4. The van der Waals surface area contributed by atoms with Crippen molar-refractivity contribution in [2.24, 2.45) is 11.8 Å². The zero-order chi connectivity index (χ0) is 9.19. The molecule has 0 heterocycles. The van der Waals surface area contributed by atoms with Crippen LogP contribution < -0.4 is 11.3 Å². The summed E-state index contributed by atoms with van der Waals surface area (Å²) in [5.74, 6) is 4.54. The molecule has 3 N–H and O–H groups in total. The van der Waals surface area contributed by atoms with Gasteiger partial charge in [0, 0.05) is 0 Å². The summed E-state index contributed by atoms with van der Waals surface area (Å²) in [6.07, 6.45) is -1.16. The van der Waals surface area contributed by atoms with Crippen LogP contribution in [0.3, 0.4) is 0 Å². The first kappa shape index (κ1) is 13.0. The summed E-state index contributed by atoms with van der Waals surface area (Å²) in [4.78, 5) is 0. The van der Waals surface area contributed by atoms with Gasteiger partial charge in [-0.2, -0.15) is 13.2 Å². The van der Waals surface area contributed by atoms with E-state index in [1.54, 1.807) is 0 Å². The van der Waals surface area contributed by atoms with Crippen LogP contribution >= 0.6 is 12.4 Å². The third-order valence-electron chi connectivity index (χ3n) is 2.40. The lowest BCUT2D eigenvalue weighted by Crippen LogP contribution is -2.50. The Kier molecular flexibility index (Phi) is 5.02. The lowest BCUT2D eigenvalue weighted by atomic mass is 9.98. The van der Waals surface area contributed by atoms with Crippen LogP contribution in [0, 0.1) is 5.92 Å². The maximum atomic E-state index is 12.2. The summed E-state index contributed by atoms with van der Waals surface area (Å²) in [5, 5.41) is 0. The van der Waals surface area contributed by atoms with Crippen LogP contribution in [0.4, 0.5) is 13.2 Å². The minimum Gasteiger partial charge on any atom is -0.271 e. The zero-order valence-electron chi connectivity index (χ0n) is 7.10. The molecule has 1 unspecified atom stereocenters. The van der Waals surface area contributed by atoms with Crippen LogP contribution in [0.2, 0.25) is 0 Å². The Balaban J connectivity index is 0.00000144. The first-order chi connectivity index (χ1) is 5.55. The van der Waals surface area contributed by atoms with Crippen LogP contribution in [0.5, 0.6) is 0 Å². The van der Waals surface area contributed by atoms with E-state index >= 15 is 0 Å². The van der Waals surface area contributed by atoms with Gasteiger partial charge in [0.25, 0.3) is 0 Å². The molecule has 0 amide bonds. The topological polar surface area (TPSA) is 38.0 Å². The van der Waals surface area contributed by atoms with Crippen molar-refractivity contribution in [3.8, 4) is 0 Å². The monoisotopic (exact) mass is 218 g/mol. The van der Waals surface area contributed by atoms with E-state index in [0.29, 0.717) is 12.8 Å². The van der Waals surface area contributed by atoms with Crippen molar-refractivity contribution in [3.05, 3.63) is 0 Å². The molecule has 1 aliphatic rings. The fraction of sp³-hybridized carbons (Fsp3) is 1.00. The fourth-order valence-corrected chi connectivity index (χ4v) is 1.79. The maximum Gasteiger partial charge on any atom is 0.405 e. The number of nitrogens with two attached hydrogens (primary N) is 1. The van der Waals surface area contributed by atoms with E-state index in [0.717, 1.165) is 12.8 Å². The van der Waals surface area contributed by atoms with Crippen molar-refractivity contribution in [1.82, 2.24) is 5.43 Å². The molecule has 0 bridgehead atoms. The molecular formula is C7H14ClF3N2. The highest BCUT2D eigenvalue weighted by molar-refractivity contribution is 5.85. The van der Waals surface area contributed by atoms with Gasteiger partial charge < -0.3 is 0 Å². The molecule has 1 rings (SSSR count). The van der Waals surface area contributed by atoms with Crippen LogP contribution in [-0.4, -0.2) is 12.2 Å². The van der Waals surface area contributed by atoms with Crippen molar-refractivity contribution in [1.29, 1.82) is 0 Å². The van der Waals surface area contributed by atoms with Gasteiger partial charge in [-0.1, -0.05) is 12.8 Å². The largest absolute Gasteiger partial charge is 0.405 e. The summed E-state index contributed by atoms with van der Waals surface area (Å²) in [6, 6.07) is -1.51. The van der Waals surface area contributed by atoms with Gasteiger partial charge in [-0.15, -0.1) is 12.4 Å². The second-order valence-electron chi connectivity index (χ2n) is 3.23. The highest BCUT2D eigenvalue weighted by atomic mass is 35.5. The normalized spacial score (nSPS) is 21.2. The molecule has 13 heavy (non-hydrogen) atoms. The van der Waals surface area contributed by atoms with Gasteiger partial charge in [-0.05, 0) is 18.8 Å². The molecule has 0 radical (unpaired) electrons. The van der Waals surface area contributed by atoms with Crippen molar-refractivity contribution >= 4 is 12.4 Å². The number of hydrogen-bond donors (Lipinski definition) is 2. The molecule has 0 spiro atoms. The van der Waals surface area contributed by atoms with E-state index in [4.69, 9.17) is 5.84 Å². The first-order valence-electron chi connectivity index (χ1n) is 4.08. The Morgan fingerprint density at radius 2 is 1.69 bits per heavy atom. The zero-order valence-corrected chi connectivity index (χ0v) is 7.92. The Bertz CT molecular complexity index is 145. The Hall–Kier alpha value is -0.0000000000000000555. The molecule has 0 aromatic carbocycles. The first-order valence-corrected chi connectivity index (χ1v) is 4.08. The standard InChI is InChI=1S/C7H13F3N2.ClH/c8-7(9,10)6(12-11)5-3-1-2-4-5;/h5-6,12H,1-4,11H2;1H. The summed E-state index contributed by atoms with van der Waals surface area (Å²) in [6.45, 7) is 0. The molecule has 6 heteroatoms.